The summed E-state index contributed by atoms with van der Waals surface area (Å²) in [5.74, 6) is -0.172. The van der Waals surface area contributed by atoms with E-state index in [-0.39, 0.29) is 11.9 Å². The summed E-state index contributed by atoms with van der Waals surface area (Å²) in [5.41, 5.74) is 12.2. The third-order valence-corrected chi connectivity index (χ3v) is 2.81. The monoisotopic (exact) mass is 264 g/mol. The molecule has 1 aromatic carbocycles. The van der Waals surface area contributed by atoms with Gasteiger partial charge in [-0.1, -0.05) is 19.1 Å². The van der Waals surface area contributed by atoms with Gasteiger partial charge >= 0.3 is 6.03 Å². The zero-order valence-corrected chi connectivity index (χ0v) is 11.1. The van der Waals surface area contributed by atoms with E-state index in [2.05, 4.69) is 10.6 Å². The average molecular weight is 264 g/mol. The molecule has 0 saturated heterocycles. The molecule has 0 aliphatic rings. The van der Waals surface area contributed by atoms with Crippen molar-refractivity contribution in [3.63, 3.8) is 0 Å². The van der Waals surface area contributed by atoms with Gasteiger partial charge in [0.2, 0.25) is 5.91 Å². The minimum Gasteiger partial charge on any atom is -0.351 e. The number of carbonyl (C=O) groups is 2. The van der Waals surface area contributed by atoms with Crippen LogP contribution in [0.4, 0.5) is 10.5 Å². The second kappa shape index (κ2) is 6.75. The van der Waals surface area contributed by atoms with E-state index in [0.717, 1.165) is 5.56 Å². The highest BCUT2D eigenvalue weighted by Gasteiger charge is 2.14. The van der Waals surface area contributed by atoms with Crippen molar-refractivity contribution in [3.05, 3.63) is 29.8 Å². The Balaban J connectivity index is 2.65. The summed E-state index contributed by atoms with van der Waals surface area (Å²) in [7, 11) is 0. The summed E-state index contributed by atoms with van der Waals surface area (Å²) in [6, 6.07) is 5.83. The smallest absolute Gasteiger partial charge is 0.316 e. The number of carbonyl (C=O) groups excluding carboxylic acids is 2. The van der Waals surface area contributed by atoms with Gasteiger partial charge in [-0.05, 0) is 31.0 Å². The fraction of sp³-hybridized carbons (Fsp3) is 0.385. The number of hydrogen-bond donors (Lipinski definition) is 4. The average Bonchev–Trinajstić information content (AvgIpc) is 2.37. The van der Waals surface area contributed by atoms with E-state index in [0.29, 0.717) is 12.1 Å². The fourth-order valence-corrected chi connectivity index (χ4v) is 1.59. The molecule has 19 heavy (non-hydrogen) atoms. The van der Waals surface area contributed by atoms with Gasteiger partial charge < -0.3 is 22.1 Å². The number of nitrogens with one attached hydrogen (secondary N) is 2. The summed E-state index contributed by atoms with van der Waals surface area (Å²) in [6.07, 6.45) is 0.597. The second-order valence-corrected chi connectivity index (χ2v) is 4.36. The Hall–Kier alpha value is -2.08. The number of primary amides is 1. The molecule has 0 aliphatic heterocycles. The molecule has 0 bridgehead atoms. The van der Waals surface area contributed by atoms with E-state index in [1.807, 2.05) is 26.0 Å². The van der Waals surface area contributed by atoms with Crippen molar-refractivity contribution in [2.45, 2.75) is 32.4 Å². The minimum absolute atomic E-state index is 0.146. The van der Waals surface area contributed by atoms with Gasteiger partial charge in [0, 0.05) is 5.69 Å². The zero-order valence-electron chi connectivity index (χ0n) is 11.1. The van der Waals surface area contributed by atoms with Crippen molar-refractivity contribution in [1.29, 1.82) is 0 Å². The van der Waals surface area contributed by atoms with Gasteiger partial charge in [0.15, 0.2) is 0 Å². The molecule has 0 radical (unpaired) electrons. The molecule has 6 heteroatoms. The van der Waals surface area contributed by atoms with Gasteiger partial charge in [-0.3, -0.25) is 4.79 Å². The normalized spacial score (nSPS) is 13.4. The van der Waals surface area contributed by atoms with Crippen molar-refractivity contribution < 1.29 is 9.59 Å². The van der Waals surface area contributed by atoms with E-state index < -0.39 is 12.1 Å². The highest BCUT2D eigenvalue weighted by Crippen LogP contribution is 2.16. The lowest BCUT2D eigenvalue weighted by Gasteiger charge is -2.17. The lowest BCUT2D eigenvalue weighted by molar-refractivity contribution is -0.123. The highest BCUT2D eigenvalue weighted by molar-refractivity contribution is 5.87. The Labute approximate surface area is 112 Å². The molecule has 104 valence electrons. The van der Waals surface area contributed by atoms with Crippen LogP contribution < -0.4 is 22.1 Å². The molecule has 2 unspecified atom stereocenters. The lowest BCUT2D eigenvalue weighted by Crippen LogP contribution is -2.41. The first-order valence-electron chi connectivity index (χ1n) is 6.16. The van der Waals surface area contributed by atoms with Crippen LogP contribution in [0.25, 0.3) is 0 Å². The van der Waals surface area contributed by atoms with Crippen LogP contribution >= 0.6 is 0 Å². The second-order valence-electron chi connectivity index (χ2n) is 4.36. The van der Waals surface area contributed by atoms with Crippen LogP contribution in [0.1, 0.15) is 31.9 Å². The van der Waals surface area contributed by atoms with Gasteiger partial charge in [0.05, 0.1) is 12.1 Å². The molecule has 1 rings (SSSR count). The molecular weight excluding hydrogens is 244 g/mol. The third kappa shape index (κ3) is 4.59. The van der Waals surface area contributed by atoms with E-state index in [9.17, 15) is 9.59 Å². The molecule has 1 aromatic rings. The number of urea groups is 1. The van der Waals surface area contributed by atoms with E-state index in [1.165, 1.54) is 0 Å². The molecule has 0 fully saturated rings. The summed E-state index contributed by atoms with van der Waals surface area (Å²) in [4.78, 5) is 22.3. The maximum absolute atomic E-state index is 11.7. The molecule has 0 saturated carbocycles. The van der Waals surface area contributed by atoms with Crippen LogP contribution in [0.2, 0.25) is 0 Å². The van der Waals surface area contributed by atoms with Gasteiger partial charge in [0.1, 0.15) is 0 Å². The Kier molecular flexibility index (Phi) is 5.32. The molecule has 0 aromatic heterocycles. The predicted octanol–water partition coefficient (Wildman–Crippen LogP) is 1.09. The number of hydrogen-bond acceptors (Lipinski definition) is 3. The topological polar surface area (TPSA) is 110 Å². The number of anilines is 1. The SMILES string of the molecule is CCC(N)C(=O)NC(C)c1ccc(NC(N)=O)cc1. The maximum Gasteiger partial charge on any atom is 0.316 e. The van der Waals surface area contributed by atoms with Crippen molar-refractivity contribution >= 4 is 17.6 Å². The quantitative estimate of drug-likeness (QED) is 0.639. The summed E-state index contributed by atoms with van der Waals surface area (Å²) < 4.78 is 0. The number of rotatable bonds is 5. The van der Waals surface area contributed by atoms with Gasteiger partial charge in [-0.2, -0.15) is 0 Å². The van der Waals surface area contributed by atoms with Crippen molar-refractivity contribution in [1.82, 2.24) is 5.32 Å². The number of benzene rings is 1. The van der Waals surface area contributed by atoms with Crippen LogP contribution in [0, 0.1) is 0 Å². The van der Waals surface area contributed by atoms with Crippen LogP contribution in [0.5, 0.6) is 0 Å². The number of amides is 3. The molecule has 2 atom stereocenters. The Morgan fingerprint density at radius 2 is 1.84 bits per heavy atom. The summed E-state index contributed by atoms with van der Waals surface area (Å²) in [6.45, 7) is 3.73. The largest absolute Gasteiger partial charge is 0.351 e. The van der Waals surface area contributed by atoms with Gasteiger partial charge in [-0.15, -0.1) is 0 Å². The van der Waals surface area contributed by atoms with Gasteiger partial charge in [-0.25, -0.2) is 4.79 Å². The molecular formula is C13H20N4O2. The molecule has 6 nitrogen and oxygen atoms in total. The lowest BCUT2D eigenvalue weighted by atomic mass is 10.1. The Morgan fingerprint density at radius 1 is 1.26 bits per heavy atom. The first kappa shape index (κ1) is 15.0. The van der Waals surface area contributed by atoms with E-state index in [4.69, 9.17) is 11.5 Å². The van der Waals surface area contributed by atoms with Crippen molar-refractivity contribution in [2.75, 3.05) is 5.32 Å². The first-order chi connectivity index (χ1) is 8.93. The van der Waals surface area contributed by atoms with Crippen LogP contribution in [-0.2, 0) is 4.79 Å². The molecule has 3 amide bonds. The van der Waals surface area contributed by atoms with Crippen molar-refractivity contribution in [2.24, 2.45) is 11.5 Å². The Bertz CT molecular complexity index is 444. The Morgan fingerprint density at radius 3 is 2.32 bits per heavy atom. The maximum atomic E-state index is 11.7. The number of nitrogens with two attached hydrogens (primary N) is 2. The zero-order chi connectivity index (χ0) is 14.4. The van der Waals surface area contributed by atoms with Crippen LogP contribution in [-0.4, -0.2) is 18.0 Å². The molecule has 6 N–H and O–H groups in total. The minimum atomic E-state index is -0.608. The first-order valence-corrected chi connectivity index (χ1v) is 6.16. The summed E-state index contributed by atoms with van der Waals surface area (Å²) >= 11 is 0. The fourth-order valence-electron chi connectivity index (χ4n) is 1.59. The third-order valence-electron chi connectivity index (χ3n) is 2.81. The molecule has 0 heterocycles. The van der Waals surface area contributed by atoms with Crippen LogP contribution in [0.3, 0.4) is 0 Å². The van der Waals surface area contributed by atoms with Gasteiger partial charge in [0.25, 0.3) is 0 Å². The van der Waals surface area contributed by atoms with Crippen molar-refractivity contribution in [3.8, 4) is 0 Å². The highest BCUT2D eigenvalue weighted by atomic mass is 16.2. The molecule has 0 aliphatic carbocycles. The summed E-state index contributed by atoms with van der Waals surface area (Å²) in [5, 5.41) is 5.30. The standard InChI is InChI=1S/C13H20N4O2/c1-3-11(14)12(18)16-8(2)9-4-6-10(7-5-9)17-13(15)19/h4-8,11H,3,14H2,1-2H3,(H,16,18)(H3,15,17,19). The van der Waals surface area contributed by atoms with Crippen LogP contribution in [0.15, 0.2) is 24.3 Å². The van der Waals surface area contributed by atoms with E-state index in [1.54, 1.807) is 12.1 Å². The predicted molar refractivity (Wildman–Crippen MR) is 74.5 cm³/mol. The van der Waals surface area contributed by atoms with E-state index >= 15 is 0 Å². The molecule has 0 spiro atoms.